The first-order chi connectivity index (χ1) is 51.9. The van der Waals surface area contributed by atoms with Crippen molar-refractivity contribution in [1.82, 2.24) is 56.8 Å². The zero-order chi connectivity index (χ0) is 77.4. The van der Waals surface area contributed by atoms with E-state index in [4.69, 9.17) is 52.1 Å². The molecule has 9 N–H and O–H groups in total. The number of benzene rings is 5. The molecule has 4 aliphatic heterocycles. The van der Waals surface area contributed by atoms with Crippen molar-refractivity contribution in [2.24, 2.45) is 47.2 Å². The van der Waals surface area contributed by atoms with Gasteiger partial charge in [0.1, 0.15) is 0 Å². The third kappa shape index (κ3) is 26.6. The number of amides is 6. The summed E-state index contributed by atoms with van der Waals surface area (Å²) in [4.78, 5) is 87.9. The Morgan fingerprint density at radius 2 is 0.907 bits per heavy atom. The average Bonchev–Trinajstić information content (AvgIpc) is 1.80. The van der Waals surface area contributed by atoms with Gasteiger partial charge in [-0.1, -0.05) is 169 Å². The molecule has 108 heavy (non-hydrogen) atoms. The number of rotatable bonds is 26. The first-order valence-electron chi connectivity index (χ1n) is 40.4. The van der Waals surface area contributed by atoms with Crippen LogP contribution in [0, 0.1) is 41.4 Å². The number of piperidine rings is 1. The van der Waals surface area contributed by atoms with Crippen molar-refractivity contribution in [1.29, 1.82) is 0 Å². The molecule has 6 amide bonds. The Balaban J connectivity index is 0.000000187. The summed E-state index contributed by atoms with van der Waals surface area (Å²) < 4.78 is 0. The van der Waals surface area contributed by atoms with Crippen molar-refractivity contribution < 1.29 is 28.8 Å². The Hall–Kier alpha value is -5.90. The molecule has 0 radical (unpaired) electrons. The summed E-state index contributed by atoms with van der Waals surface area (Å²) in [5.41, 5.74) is 8.73. The van der Waals surface area contributed by atoms with E-state index in [0.29, 0.717) is 113 Å². The van der Waals surface area contributed by atoms with Crippen LogP contribution in [-0.4, -0.2) is 189 Å². The lowest BCUT2D eigenvalue weighted by Gasteiger charge is -2.35. The third-order valence-corrected chi connectivity index (χ3v) is 24.3. The van der Waals surface area contributed by atoms with Gasteiger partial charge in [-0.3, -0.25) is 28.8 Å². The Kier molecular flexibility index (Phi) is 34.5. The fourth-order valence-electron chi connectivity index (χ4n) is 17.4. The minimum Gasteiger partial charge on any atom is -0.350 e. The normalized spacial score (nSPS) is 25.6. The largest absolute Gasteiger partial charge is 0.350 e. The standard InChI is InChI=1S/C30H38N4O2.C29H44Cl2N4O2.C27H42Cl2N4O2/c1-21(2)27(23-9-4-3-5-10-23)20-34-17-15-26(33-28(14-16-31)30(34)36)19-32-29(35)25-13-12-22-8-6-7-11-24(22)18-25;1-20-14-21(2)16-22(15-20)19-35-13-8-24(18-32-28(36)23-6-7-25(30)26(31)17-23)33-27(29(35)37)9-12-34-10-4-3-5-11-34;1-17(2)30-9-7-25-27(35)33(16-20-12-18(3)11-19(4)13-20)10-8-22(32-25)15-31-26(34)21-5-6-23(28)24(29)14-21/h3-13,18,21,26-28,33H,14-17,19-20,31H2,1-2H3,(H,32,35);6-7,17,20-22,24,27,33H,3-5,8-16,18-19H2,1-2H3,(H,32,36);5-6,14,17-20,22,25,30,32H,7-13,15-16H2,1-4H3,(H,31,34)/t26-,27?,28-;20?,21?,22?,24-,27-;18?,19?,20?,22-,25-/m000/s1. The lowest BCUT2D eigenvalue weighted by Crippen LogP contribution is -2.50. The summed E-state index contributed by atoms with van der Waals surface area (Å²) in [5.74, 6) is 4.78. The second-order valence-corrected chi connectivity index (χ2v) is 34.5. The van der Waals surface area contributed by atoms with Crippen LogP contribution in [0.25, 0.3) is 10.8 Å². The minimum absolute atomic E-state index is 0.00543. The molecule has 0 aromatic heterocycles. The summed E-state index contributed by atoms with van der Waals surface area (Å²) >= 11 is 24.2. The molecule has 11 rings (SSSR count). The lowest BCUT2D eigenvalue weighted by molar-refractivity contribution is -0.134. The quantitative estimate of drug-likeness (QED) is 0.0259. The molecular formula is C86H124Cl4N12O6. The van der Waals surface area contributed by atoms with Crippen molar-refractivity contribution in [2.75, 3.05) is 91.6 Å². The van der Waals surface area contributed by atoms with Crippen LogP contribution >= 0.6 is 46.4 Å². The van der Waals surface area contributed by atoms with Gasteiger partial charge in [0.15, 0.2) is 0 Å². The van der Waals surface area contributed by atoms with Crippen LogP contribution in [-0.2, 0) is 14.4 Å². The third-order valence-electron chi connectivity index (χ3n) is 22.9. The topological polar surface area (TPSA) is 226 Å². The van der Waals surface area contributed by atoms with Crippen molar-refractivity contribution in [3.63, 3.8) is 0 Å². The molecule has 22 heteroatoms. The van der Waals surface area contributed by atoms with Crippen LogP contribution in [0.15, 0.2) is 109 Å². The van der Waals surface area contributed by atoms with Gasteiger partial charge in [-0.2, -0.15) is 0 Å². The Morgan fingerprint density at radius 3 is 1.37 bits per heavy atom. The zero-order valence-corrected chi connectivity index (χ0v) is 68.4. The second kappa shape index (κ2) is 43.2. The Labute approximate surface area is 664 Å². The van der Waals surface area contributed by atoms with E-state index in [1.54, 1.807) is 36.4 Å². The minimum atomic E-state index is -0.344. The average molecular weight is 1560 g/mol. The molecule has 5 aromatic rings. The fraction of sp³-hybridized carbons (Fsp3) is 0.605. The second-order valence-electron chi connectivity index (χ2n) is 32.9. The van der Waals surface area contributed by atoms with Gasteiger partial charge < -0.3 is 62.6 Å². The van der Waals surface area contributed by atoms with E-state index >= 15 is 0 Å². The van der Waals surface area contributed by atoms with E-state index in [0.717, 1.165) is 112 Å². The number of hydrogen-bond acceptors (Lipinski definition) is 12. The molecule has 4 saturated heterocycles. The Bertz CT molecular complexity index is 3680. The molecule has 4 heterocycles. The van der Waals surface area contributed by atoms with Gasteiger partial charge in [-0.25, -0.2) is 0 Å². The number of carbonyl (C=O) groups is 6. The van der Waals surface area contributed by atoms with Crippen molar-refractivity contribution >= 4 is 92.6 Å². The first kappa shape index (κ1) is 86.1. The highest BCUT2D eigenvalue weighted by Gasteiger charge is 2.38. The Morgan fingerprint density at radius 1 is 0.481 bits per heavy atom. The summed E-state index contributed by atoms with van der Waals surface area (Å²) in [7, 11) is 0. The van der Waals surface area contributed by atoms with E-state index in [1.165, 1.54) is 63.4 Å². The molecule has 592 valence electrons. The smallest absolute Gasteiger partial charge is 0.251 e. The number of fused-ring (bicyclic) bond motifs is 1. The maximum absolute atomic E-state index is 13.8. The highest BCUT2D eigenvalue weighted by atomic mass is 35.5. The van der Waals surface area contributed by atoms with Crippen LogP contribution in [0.4, 0.5) is 0 Å². The van der Waals surface area contributed by atoms with E-state index in [1.807, 2.05) is 53.4 Å². The van der Waals surface area contributed by atoms with E-state index in [9.17, 15) is 28.8 Å². The van der Waals surface area contributed by atoms with Gasteiger partial charge in [0, 0.05) is 112 Å². The lowest BCUT2D eigenvalue weighted by atomic mass is 9.76. The summed E-state index contributed by atoms with van der Waals surface area (Å²) in [6.45, 7) is 28.3. The van der Waals surface area contributed by atoms with E-state index in [2.05, 4.69) is 132 Å². The highest BCUT2D eigenvalue weighted by molar-refractivity contribution is 6.42. The van der Waals surface area contributed by atoms with Gasteiger partial charge in [0.2, 0.25) is 17.7 Å². The summed E-state index contributed by atoms with van der Waals surface area (Å²) in [5, 5.41) is 27.0. The van der Waals surface area contributed by atoms with Gasteiger partial charge in [0.05, 0.1) is 38.2 Å². The number of likely N-dealkylation sites (tertiary alicyclic amines) is 1. The molecule has 5 unspecified atom stereocenters. The molecule has 2 aliphatic carbocycles. The van der Waals surface area contributed by atoms with Crippen LogP contribution in [0.5, 0.6) is 0 Å². The van der Waals surface area contributed by atoms with Crippen molar-refractivity contribution in [2.45, 2.75) is 200 Å². The van der Waals surface area contributed by atoms with Crippen molar-refractivity contribution in [3.8, 4) is 0 Å². The molecule has 0 spiro atoms. The SMILES string of the molecule is CC(C)C(CN1CC[C@@H](CNC(=O)c2ccc3ccccc3c2)N[C@@H](CCN)C1=O)c1ccccc1.CC1CC(C)CC(CN2CC[C@@H](CNC(=O)c3ccc(Cl)c(Cl)c3)N[C@@H](CCN3CCCCC3)C2=O)C1.CC1CC(C)CC(CN2CC[C@@H](CNC(=O)c3ccc(Cl)c(Cl)c3)N[C@@H](CCNC(C)C)C2=O)C1. The number of nitrogens with zero attached hydrogens (tertiary/aromatic N) is 4. The monoisotopic (exact) mass is 1560 g/mol. The fourth-order valence-corrected chi connectivity index (χ4v) is 18.0. The molecule has 2 saturated carbocycles. The zero-order valence-electron chi connectivity index (χ0n) is 65.4. The highest BCUT2D eigenvalue weighted by Crippen LogP contribution is 2.36. The van der Waals surface area contributed by atoms with Gasteiger partial charge >= 0.3 is 0 Å². The predicted molar refractivity (Wildman–Crippen MR) is 441 cm³/mol. The van der Waals surface area contributed by atoms with Crippen molar-refractivity contribution in [3.05, 3.63) is 152 Å². The first-order valence-corrected chi connectivity index (χ1v) is 42.0. The number of hydrogen-bond donors (Lipinski definition) is 8. The maximum atomic E-state index is 13.8. The molecule has 11 atom stereocenters. The molecule has 0 bridgehead atoms. The van der Waals surface area contributed by atoms with Crippen LogP contribution in [0.1, 0.15) is 194 Å². The molecular weight excluding hydrogens is 1440 g/mol. The number of halogens is 4. The summed E-state index contributed by atoms with van der Waals surface area (Å²) in [6.07, 6.45) is 15.7. The number of nitrogens with two attached hydrogens (primary N) is 1. The van der Waals surface area contributed by atoms with E-state index in [-0.39, 0.29) is 77.6 Å². The van der Waals surface area contributed by atoms with Gasteiger partial charge in [0.25, 0.3) is 17.7 Å². The van der Waals surface area contributed by atoms with Gasteiger partial charge in [-0.15, -0.1) is 0 Å². The number of carbonyl (C=O) groups excluding carboxylic acids is 6. The molecule has 5 aromatic carbocycles. The van der Waals surface area contributed by atoms with Crippen LogP contribution in [0.3, 0.4) is 0 Å². The van der Waals surface area contributed by atoms with Crippen LogP contribution < -0.4 is 43.0 Å². The van der Waals surface area contributed by atoms with Gasteiger partial charge in [-0.05, 0) is 222 Å². The predicted octanol–water partition coefficient (Wildman–Crippen LogP) is 13.9. The molecule has 18 nitrogen and oxygen atoms in total. The summed E-state index contributed by atoms with van der Waals surface area (Å²) in [6, 6.07) is 33.6. The van der Waals surface area contributed by atoms with E-state index < -0.39 is 0 Å². The molecule has 6 aliphatic rings. The van der Waals surface area contributed by atoms with Crippen LogP contribution in [0.2, 0.25) is 20.1 Å². The molecule has 6 fully saturated rings. The maximum Gasteiger partial charge on any atom is 0.251 e. The number of nitrogens with one attached hydrogen (secondary N) is 7.